The molecule has 0 spiro atoms. The number of hydrogen-bond acceptors (Lipinski definition) is 7. The second-order valence-electron chi connectivity index (χ2n) is 6.24. The molecule has 0 atom stereocenters. The van der Waals surface area contributed by atoms with Crippen LogP contribution in [0.3, 0.4) is 0 Å². The van der Waals surface area contributed by atoms with E-state index in [9.17, 15) is 13.2 Å². The number of benzene rings is 2. The fraction of sp³-hybridized carbons (Fsp3) is 0.100. The number of hydrogen-bond donors (Lipinski definition) is 3. The van der Waals surface area contributed by atoms with Crippen molar-refractivity contribution in [3.63, 3.8) is 0 Å². The van der Waals surface area contributed by atoms with Crippen molar-refractivity contribution in [2.24, 2.45) is 0 Å². The van der Waals surface area contributed by atoms with E-state index in [-0.39, 0.29) is 34.0 Å². The third-order valence-corrected chi connectivity index (χ3v) is 5.55. The van der Waals surface area contributed by atoms with Gasteiger partial charge in [0.15, 0.2) is 5.11 Å². The van der Waals surface area contributed by atoms with Crippen molar-refractivity contribution in [3.8, 4) is 5.88 Å². The van der Waals surface area contributed by atoms with Crippen LogP contribution in [0.15, 0.2) is 71.9 Å². The van der Waals surface area contributed by atoms with Crippen LogP contribution < -0.4 is 20.1 Å². The Morgan fingerprint density at radius 3 is 2.45 bits per heavy atom. The van der Waals surface area contributed by atoms with Gasteiger partial charge in [-0.3, -0.25) is 9.52 Å². The number of thiocarbonyl (C=S) groups is 1. The number of rotatable bonds is 7. The Morgan fingerprint density at radius 2 is 1.77 bits per heavy atom. The van der Waals surface area contributed by atoms with Gasteiger partial charge in [0.25, 0.3) is 10.0 Å². The molecule has 2 aromatic carbocycles. The molecule has 11 heteroatoms. The summed E-state index contributed by atoms with van der Waals surface area (Å²) in [6.45, 7) is 0. The second kappa shape index (κ2) is 9.96. The molecule has 160 valence electrons. The van der Waals surface area contributed by atoms with E-state index in [0.29, 0.717) is 5.69 Å². The molecule has 0 saturated carbocycles. The monoisotopic (exact) mass is 457 g/mol. The Hall–Kier alpha value is -3.57. The Kier molecular flexibility index (Phi) is 7.11. The fourth-order valence-electron chi connectivity index (χ4n) is 2.54. The smallest absolute Gasteiger partial charge is 0.263 e. The van der Waals surface area contributed by atoms with Gasteiger partial charge in [-0.2, -0.15) is 0 Å². The number of ether oxygens (including phenoxy) is 1. The highest BCUT2D eigenvalue weighted by atomic mass is 32.2. The lowest BCUT2D eigenvalue weighted by Crippen LogP contribution is -2.35. The van der Waals surface area contributed by atoms with Gasteiger partial charge in [-0.05, 0) is 42.0 Å². The van der Waals surface area contributed by atoms with Gasteiger partial charge < -0.3 is 15.4 Å². The van der Waals surface area contributed by atoms with E-state index < -0.39 is 10.0 Å². The van der Waals surface area contributed by atoms with Crippen molar-refractivity contribution in [2.75, 3.05) is 17.1 Å². The zero-order chi connectivity index (χ0) is 22.3. The summed E-state index contributed by atoms with van der Waals surface area (Å²) in [6.07, 6.45) is 1.38. The van der Waals surface area contributed by atoms with Gasteiger partial charge in [0.05, 0.1) is 18.4 Å². The summed E-state index contributed by atoms with van der Waals surface area (Å²) in [6, 6.07) is 16.5. The van der Waals surface area contributed by atoms with Crippen molar-refractivity contribution in [1.29, 1.82) is 0 Å². The Bertz CT molecular complexity index is 1170. The lowest BCUT2D eigenvalue weighted by atomic mass is 10.1. The van der Waals surface area contributed by atoms with Crippen LogP contribution in [0.4, 0.5) is 11.5 Å². The van der Waals surface area contributed by atoms with Crippen molar-refractivity contribution >= 4 is 44.8 Å². The molecule has 0 aliphatic heterocycles. The number of nitrogens with zero attached hydrogens (tertiary/aromatic N) is 2. The summed E-state index contributed by atoms with van der Waals surface area (Å²) >= 11 is 5.15. The predicted octanol–water partition coefficient (Wildman–Crippen LogP) is 2.34. The minimum absolute atomic E-state index is 0.0228. The summed E-state index contributed by atoms with van der Waals surface area (Å²) in [5.74, 6) is 0.0545. The van der Waals surface area contributed by atoms with Crippen LogP contribution in [0.5, 0.6) is 5.88 Å². The average Bonchev–Trinajstić information content (AvgIpc) is 2.74. The number of methoxy groups -OCH3 is 1. The van der Waals surface area contributed by atoms with Gasteiger partial charge >= 0.3 is 0 Å². The maximum atomic E-state index is 12.5. The van der Waals surface area contributed by atoms with E-state index in [0.717, 1.165) is 5.56 Å². The minimum Gasteiger partial charge on any atom is -0.481 e. The minimum atomic E-state index is -3.86. The Labute approximate surface area is 184 Å². The molecular weight excluding hydrogens is 438 g/mol. The highest BCUT2D eigenvalue weighted by molar-refractivity contribution is 7.92. The lowest BCUT2D eigenvalue weighted by Gasteiger charge is -2.11. The summed E-state index contributed by atoms with van der Waals surface area (Å²) in [7, 11) is -2.45. The van der Waals surface area contributed by atoms with Gasteiger partial charge in [-0.25, -0.2) is 18.4 Å². The second-order valence-corrected chi connectivity index (χ2v) is 8.33. The molecule has 0 radical (unpaired) electrons. The van der Waals surface area contributed by atoms with Crippen molar-refractivity contribution < 1.29 is 17.9 Å². The molecule has 0 aliphatic carbocycles. The maximum absolute atomic E-state index is 12.5. The number of aromatic nitrogens is 2. The number of sulfonamides is 1. The van der Waals surface area contributed by atoms with E-state index in [1.54, 1.807) is 0 Å². The van der Waals surface area contributed by atoms with Gasteiger partial charge in [0.1, 0.15) is 12.1 Å². The van der Waals surface area contributed by atoms with Crippen LogP contribution in [0, 0.1) is 0 Å². The zero-order valence-electron chi connectivity index (χ0n) is 16.4. The molecule has 0 saturated heterocycles. The molecule has 1 aromatic heterocycles. The Balaban J connectivity index is 1.58. The molecular formula is C20H19N5O4S2. The van der Waals surface area contributed by atoms with Gasteiger partial charge in [-0.1, -0.05) is 30.3 Å². The summed E-state index contributed by atoms with van der Waals surface area (Å²) in [5.41, 5.74) is 1.39. The molecule has 0 bridgehead atoms. The predicted molar refractivity (Wildman–Crippen MR) is 120 cm³/mol. The quantitative estimate of drug-likeness (QED) is 0.462. The molecule has 1 heterocycles. The molecule has 1 amide bonds. The van der Waals surface area contributed by atoms with Crippen LogP contribution >= 0.6 is 12.2 Å². The number of carbonyl (C=O) groups excluding carboxylic acids is 1. The van der Waals surface area contributed by atoms with Crippen molar-refractivity contribution in [1.82, 2.24) is 15.3 Å². The summed E-state index contributed by atoms with van der Waals surface area (Å²) in [5, 5.41) is 5.55. The molecule has 3 aromatic rings. The first-order valence-electron chi connectivity index (χ1n) is 8.99. The zero-order valence-corrected chi connectivity index (χ0v) is 18.0. The highest BCUT2D eigenvalue weighted by Gasteiger charge is 2.15. The van der Waals surface area contributed by atoms with Gasteiger partial charge in [-0.15, -0.1) is 0 Å². The highest BCUT2D eigenvalue weighted by Crippen LogP contribution is 2.18. The van der Waals surface area contributed by atoms with Crippen LogP contribution in [-0.2, 0) is 21.2 Å². The van der Waals surface area contributed by atoms with Gasteiger partial charge in [0, 0.05) is 11.8 Å². The van der Waals surface area contributed by atoms with E-state index in [4.69, 9.17) is 17.0 Å². The third-order valence-electron chi connectivity index (χ3n) is 3.97. The van der Waals surface area contributed by atoms with E-state index in [2.05, 4.69) is 25.3 Å². The molecule has 0 fully saturated rings. The number of nitrogens with one attached hydrogen (secondary N) is 3. The largest absolute Gasteiger partial charge is 0.481 e. The normalized spacial score (nSPS) is 10.7. The first kappa shape index (κ1) is 22.1. The first-order chi connectivity index (χ1) is 14.9. The average molecular weight is 458 g/mol. The van der Waals surface area contributed by atoms with Crippen molar-refractivity contribution in [3.05, 3.63) is 72.6 Å². The van der Waals surface area contributed by atoms with Crippen LogP contribution in [0.2, 0.25) is 0 Å². The fourth-order valence-corrected chi connectivity index (χ4v) is 3.77. The topological polar surface area (TPSA) is 122 Å². The van der Waals surface area contributed by atoms with Crippen molar-refractivity contribution in [2.45, 2.75) is 11.3 Å². The third kappa shape index (κ3) is 6.46. The number of carbonyl (C=O) groups is 1. The summed E-state index contributed by atoms with van der Waals surface area (Å²) in [4.78, 5) is 19.8. The molecule has 0 unspecified atom stereocenters. The standard InChI is InChI=1S/C20H19N5O4S2/c1-29-19-12-17(21-13-22-19)25-31(27,28)16-9-7-15(8-10-16)23-20(30)24-18(26)11-14-5-3-2-4-6-14/h2-10,12-13H,11H2,1H3,(H,21,22,25)(H2,23,24,26,30). The van der Waals surface area contributed by atoms with Crippen LogP contribution in [-0.4, -0.2) is 36.5 Å². The van der Waals surface area contributed by atoms with Gasteiger partial charge in [0.2, 0.25) is 11.8 Å². The number of anilines is 2. The molecule has 0 aliphatic rings. The SMILES string of the molecule is COc1cc(NS(=O)(=O)c2ccc(NC(=S)NC(=O)Cc3ccccc3)cc2)ncn1. The summed E-state index contributed by atoms with van der Waals surface area (Å²) < 4.78 is 32.4. The van der Waals surface area contributed by atoms with E-state index in [1.165, 1.54) is 43.8 Å². The lowest BCUT2D eigenvalue weighted by molar-refractivity contribution is -0.119. The molecule has 31 heavy (non-hydrogen) atoms. The molecule has 9 nitrogen and oxygen atoms in total. The first-order valence-corrected chi connectivity index (χ1v) is 10.9. The van der Waals surface area contributed by atoms with Crippen LogP contribution in [0.1, 0.15) is 5.56 Å². The van der Waals surface area contributed by atoms with Crippen LogP contribution in [0.25, 0.3) is 0 Å². The Morgan fingerprint density at radius 1 is 1.06 bits per heavy atom. The molecule has 3 N–H and O–H groups in total. The maximum Gasteiger partial charge on any atom is 0.263 e. The van der Waals surface area contributed by atoms with E-state index in [1.807, 2.05) is 30.3 Å². The number of amides is 1. The molecule has 3 rings (SSSR count). The van der Waals surface area contributed by atoms with E-state index >= 15 is 0 Å².